The summed E-state index contributed by atoms with van der Waals surface area (Å²) in [4.78, 5) is 22.0. The number of fused-ring (bicyclic) bond motifs is 1. The number of nitrogens with zero attached hydrogens (tertiary/aromatic N) is 6. The van der Waals surface area contributed by atoms with E-state index in [9.17, 15) is 4.39 Å². The fourth-order valence-electron chi connectivity index (χ4n) is 4.77. The van der Waals surface area contributed by atoms with Crippen molar-refractivity contribution in [3.8, 4) is 11.3 Å². The van der Waals surface area contributed by atoms with Gasteiger partial charge in [0.2, 0.25) is 5.95 Å². The van der Waals surface area contributed by atoms with Gasteiger partial charge in [-0.25, -0.2) is 23.7 Å². The first-order valence-corrected chi connectivity index (χ1v) is 12.7. The molecule has 0 radical (unpaired) electrons. The molecule has 37 heavy (non-hydrogen) atoms. The highest BCUT2D eigenvalue weighted by Gasteiger charge is 2.18. The number of anilines is 3. The number of pyridine rings is 2. The first-order chi connectivity index (χ1) is 17.8. The minimum Gasteiger partial charge on any atom is -0.368 e. The lowest BCUT2D eigenvalue weighted by molar-refractivity contribution is 0.271. The predicted molar refractivity (Wildman–Crippen MR) is 143 cm³/mol. The van der Waals surface area contributed by atoms with Gasteiger partial charge in [-0.15, -0.1) is 0 Å². The van der Waals surface area contributed by atoms with E-state index < -0.39 is 11.6 Å². The molecule has 3 aromatic heterocycles. The van der Waals surface area contributed by atoms with E-state index in [2.05, 4.69) is 42.0 Å². The van der Waals surface area contributed by atoms with Crippen molar-refractivity contribution in [3.63, 3.8) is 0 Å². The lowest BCUT2D eigenvalue weighted by Gasteiger charge is -2.35. The smallest absolute Gasteiger partial charge is 0.229 e. The highest BCUT2D eigenvalue weighted by molar-refractivity contribution is 5.88. The molecular formula is C28H31F2N7. The van der Waals surface area contributed by atoms with Crippen molar-refractivity contribution in [3.05, 3.63) is 65.6 Å². The zero-order valence-electron chi connectivity index (χ0n) is 21.6. The van der Waals surface area contributed by atoms with Crippen LogP contribution in [0.2, 0.25) is 0 Å². The molecule has 4 aromatic rings. The molecule has 7 nitrogen and oxygen atoms in total. The summed E-state index contributed by atoms with van der Waals surface area (Å²) in [6, 6.07) is 8.83. The van der Waals surface area contributed by atoms with Gasteiger partial charge in [0.25, 0.3) is 0 Å². The lowest BCUT2D eigenvalue weighted by atomic mass is 9.95. The van der Waals surface area contributed by atoms with Crippen molar-refractivity contribution in [2.75, 3.05) is 42.9 Å². The van der Waals surface area contributed by atoms with Gasteiger partial charge in [0, 0.05) is 42.8 Å². The number of hydrogen-bond donors (Lipinski definition) is 1. The minimum atomic E-state index is -0.634. The molecule has 0 amide bonds. The Hall–Kier alpha value is -3.72. The van der Waals surface area contributed by atoms with Gasteiger partial charge in [-0.05, 0) is 55.3 Å². The van der Waals surface area contributed by atoms with E-state index in [1.807, 2.05) is 45.2 Å². The number of halogens is 2. The van der Waals surface area contributed by atoms with Crippen LogP contribution in [-0.2, 0) is 0 Å². The van der Waals surface area contributed by atoms with Gasteiger partial charge in [0.1, 0.15) is 22.8 Å². The zero-order chi connectivity index (χ0) is 26.1. The topological polar surface area (TPSA) is 70.1 Å². The van der Waals surface area contributed by atoms with Crippen LogP contribution in [0, 0.1) is 18.6 Å². The number of likely N-dealkylation sites (N-methyl/N-ethyl adjacent to an activating group) is 1. The standard InChI is InChI=1S/C28H31F2N7/c1-5-36-8-10-37(11-9-36)20-6-7-25(31-15-20)34-28-32-16-24(30)26(35-28)19-13-22-21(17(2)3)12-18(4)33-27(22)23(29)14-19/h6-7,12-17H,5,8-11H2,1-4H3,(H,31,32,34,35). The Kier molecular flexibility index (Phi) is 6.97. The van der Waals surface area contributed by atoms with Crippen molar-refractivity contribution in [2.24, 2.45) is 0 Å². The third kappa shape index (κ3) is 5.22. The van der Waals surface area contributed by atoms with E-state index in [1.54, 1.807) is 6.07 Å². The molecule has 0 aliphatic carbocycles. The summed E-state index contributed by atoms with van der Waals surface area (Å²) in [5.41, 5.74) is 3.37. The van der Waals surface area contributed by atoms with Crippen LogP contribution in [-0.4, -0.2) is 57.6 Å². The summed E-state index contributed by atoms with van der Waals surface area (Å²) in [7, 11) is 0. The van der Waals surface area contributed by atoms with Crippen LogP contribution in [0.4, 0.5) is 26.2 Å². The van der Waals surface area contributed by atoms with Gasteiger partial charge in [-0.2, -0.15) is 0 Å². The summed E-state index contributed by atoms with van der Waals surface area (Å²) in [6.45, 7) is 13.1. The van der Waals surface area contributed by atoms with Crippen LogP contribution in [0.3, 0.4) is 0 Å². The maximum atomic E-state index is 15.1. The zero-order valence-corrected chi connectivity index (χ0v) is 21.6. The maximum Gasteiger partial charge on any atom is 0.229 e. The molecule has 0 spiro atoms. The Morgan fingerprint density at radius 2 is 1.73 bits per heavy atom. The first-order valence-electron chi connectivity index (χ1n) is 12.7. The van der Waals surface area contributed by atoms with Gasteiger partial charge < -0.3 is 15.1 Å². The fourth-order valence-corrected chi connectivity index (χ4v) is 4.77. The molecule has 0 atom stereocenters. The Morgan fingerprint density at radius 1 is 0.946 bits per heavy atom. The highest BCUT2D eigenvalue weighted by Crippen LogP contribution is 2.32. The molecule has 0 saturated carbocycles. The largest absolute Gasteiger partial charge is 0.368 e. The van der Waals surface area contributed by atoms with E-state index in [-0.39, 0.29) is 23.1 Å². The van der Waals surface area contributed by atoms with E-state index >= 15 is 4.39 Å². The molecule has 1 aliphatic rings. The number of hydrogen-bond acceptors (Lipinski definition) is 7. The lowest BCUT2D eigenvalue weighted by Crippen LogP contribution is -2.46. The van der Waals surface area contributed by atoms with Gasteiger partial charge >= 0.3 is 0 Å². The van der Waals surface area contributed by atoms with Crippen LogP contribution >= 0.6 is 0 Å². The van der Waals surface area contributed by atoms with Crippen LogP contribution in [0.15, 0.2) is 42.7 Å². The Bertz CT molecular complexity index is 1410. The van der Waals surface area contributed by atoms with Crippen LogP contribution in [0.5, 0.6) is 0 Å². The quantitative estimate of drug-likeness (QED) is 0.363. The summed E-state index contributed by atoms with van der Waals surface area (Å²) < 4.78 is 30.0. The average Bonchev–Trinajstić information content (AvgIpc) is 2.90. The fraction of sp³-hybridized carbons (Fsp3) is 0.357. The third-order valence-corrected chi connectivity index (χ3v) is 6.84. The van der Waals surface area contributed by atoms with Gasteiger partial charge in [-0.3, -0.25) is 4.98 Å². The maximum absolute atomic E-state index is 15.1. The van der Waals surface area contributed by atoms with E-state index in [0.29, 0.717) is 16.8 Å². The normalized spacial score (nSPS) is 14.5. The monoisotopic (exact) mass is 503 g/mol. The number of benzene rings is 1. The Labute approximate surface area is 215 Å². The molecular weight excluding hydrogens is 472 g/mol. The van der Waals surface area contributed by atoms with Crippen molar-refractivity contribution in [2.45, 2.75) is 33.6 Å². The second-order valence-electron chi connectivity index (χ2n) is 9.70. The van der Waals surface area contributed by atoms with Crippen molar-refractivity contribution >= 4 is 28.4 Å². The molecule has 0 unspecified atom stereocenters. The van der Waals surface area contributed by atoms with E-state index in [4.69, 9.17) is 0 Å². The third-order valence-electron chi connectivity index (χ3n) is 6.84. The molecule has 5 rings (SSSR count). The first kappa shape index (κ1) is 25.0. The van der Waals surface area contributed by atoms with E-state index in [0.717, 1.165) is 55.9 Å². The molecule has 1 saturated heterocycles. The Balaban J connectivity index is 1.41. The minimum absolute atomic E-state index is 0.0130. The van der Waals surface area contributed by atoms with Crippen LogP contribution in [0.1, 0.15) is 37.9 Å². The van der Waals surface area contributed by atoms with Crippen molar-refractivity contribution < 1.29 is 8.78 Å². The average molecular weight is 504 g/mol. The molecule has 4 heterocycles. The van der Waals surface area contributed by atoms with Gasteiger partial charge in [-0.1, -0.05) is 20.8 Å². The summed E-state index contributed by atoms with van der Waals surface area (Å²) in [5.74, 6) is -0.275. The van der Waals surface area contributed by atoms with Crippen LogP contribution in [0.25, 0.3) is 22.2 Å². The summed E-state index contributed by atoms with van der Waals surface area (Å²) >= 11 is 0. The summed E-state index contributed by atoms with van der Waals surface area (Å²) in [5, 5.41) is 3.70. The predicted octanol–water partition coefficient (Wildman–Crippen LogP) is 5.68. The summed E-state index contributed by atoms with van der Waals surface area (Å²) in [6.07, 6.45) is 2.90. The van der Waals surface area contributed by atoms with Crippen molar-refractivity contribution in [1.29, 1.82) is 0 Å². The van der Waals surface area contributed by atoms with Gasteiger partial charge in [0.15, 0.2) is 5.82 Å². The van der Waals surface area contributed by atoms with Crippen molar-refractivity contribution in [1.82, 2.24) is 24.8 Å². The second-order valence-corrected chi connectivity index (χ2v) is 9.70. The molecule has 0 bridgehead atoms. The number of aromatic nitrogens is 4. The Morgan fingerprint density at radius 3 is 2.41 bits per heavy atom. The van der Waals surface area contributed by atoms with E-state index in [1.165, 1.54) is 6.07 Å². The SMILES string of the molecule is CCN1CCN(c2ccc(Nc3ncc(F)c(-c4cc(F)c5nc(C)cc(C(C)C)c5c4)n3)nc2)CC1. The molecule has 9 heteroatoms. The molecule has 1 fully saturated rings. The number of nitrogens with one attached hydrogen (secondary N) is 1. The molecule has 1 aliphatic heterocycles. The number of piperazine rings is 1. The van der Waals surface area contributed by atoms with Gasteiger partial charge in [0.05, 0.1) is 18.1 Å². The number of rotatable bonds is 6. The molecule has 1 aromatic carbocycles. The molecule has 192 valence electrons. The molecule has 1 N–H and O–H groups in total. The second kappa shape index (κ2) is 10.3. The number of aryl methyl sites for hydroxylation is 1. The highest BCUT2D eigenvalue weighted by atomic mass is 19.1. The van der Waals surface area contributed by atoms with Crippen LogP contribution < -0.4 is 10.2 Å².